The highest BCUT2D eigenvalue weighted by atomic mass is 35.5. The third-order valence-corrected chi connectivity index (χ3v) is 2.99. The lowest BCUT2D eigenvalue weighted by atomic mass is 9.88. The van der Waals surface area contributed by atoms with Crippen LogP contribution in [0, 0.1) is 5.41 Å². The van der Waals surface area contributed by atoms with Crippen LogP contribution < -0.4 is 11.1 Å². The van der Waals surface area contributed by atoms with Gasteiger partial charge < -0.3 is 11.1 Å². The lowest BCUT2D eigenvalue weighted by molar-refractivity contribution is -0.126. The van der Waals surface area contributed by atoms with Crippen molar-refractivity contribution in [2.45, 2.75) is 78.8 Å². The number of rotatable bonds is 6. The third kappa shape index (κ3) is 8.76. The molecule has 2 unspecified atom stereocenters. The second kappa shape index (κ2) is 8.00. The van der Waals surface area contributed by atoms with Gasteiger partial charge in [0.2, 0.25) is 5.91 Å². The van der Waals surface area contributed by atoms with Crippen molar-refractivity contribution in [1.82, 2.24) is 5.32 Å². The van der Waals surface area contributed by atoms with E-state index in [0.29, 0.717) is 5.41 Å². The maximum atomic E-state index is 12.0. The van der Waals surface area contributed by atoms with Gasteiger partial charge in [0.05, 0.1) is 5.54 Å². The Morgan fingerprint density at radius 2 is 1.72 bits per heavy atom. The molecule has 0 aromatic rings. The molecule has 1 amide bonds. The monoisotopic (exact) mass is 278 g/mol. The van der Waals surface area contributed by atoms with Crippen LogP contribution in [0.1, 0.15) is 67.2 Å². The number of carbonyl (C=O) groups excluding carboxylic acids is 1. The highest BCUT2D eigenvalue weighted by Gasteiger charge is 2.28. The van der Waals surface area contributed by atoms with Crippen LogP contribution in [0.15, 0.2) is 0 Å². The fourth-order valence-electron chi connectivity index (χ4n) is 1.74. The first kappa shape index (κ1) is 20.0. The fraction of sp³-hybridized carbons (Fsp3) is 0.929. The van der Waals surface area contributed by atoms with Gasteiger partial charge >= 0.3 is 0 Å². The van der Waals surface area contributed by atoms with Crippen molar-refractivity contribution in [3.63, 3.8) is 0 Å². The molecule has 4 heteroatoms. The molecule has 0 saturated heterocycles. The second-order valence-electron chi connectivity index (χ2n) is 6.64. The van der Waals surface area contributed by atoms with Gasteiger partial charge in [-0.2, -0.15) is 0 Å². The van der Waals surface area contributed by atoms with Crippen LogP contribution in [0.2, 0.25) is 0 Å². The number of halogens is 1. The molecule has 3 nitrogen and oxygen atoms in total. The first-order chi connectivity index (χ1) is 7.58. The Balaban J connectivity index is 0. The number of carbonyl (C=O) groups is 1. The number of amides is 1. The molecule has 18 heavy (non-hydrogen) atoms. The molecular formula is C14H31ClN2O. The first-order valence-corrected chi connectivity index (χ1v) is 6.68. The van der Waals surface area contributed by atoms with Crippen molar-refractivity contribution in [1.29, 1.82) is 0 Å². The molecule has 0 aliphatic heterocycles. The molecule has 0 saturated carbocycles. The Bertz CT molecular complexity index is 247. The van der Waals surface area contributed by atoms with Gasteiger partial charge in [-0.1, -0.05) is 34.1 Å². The van der Waals surface area contributed by atoms with Crippen LogP contribution in [0.5, 0.6) is 0 Å². The van der Waals surface area contributed by atoms with E-state index in [1.807, 2.05) is 20.8 Å². The van der Waals surface area contributed by atoms with E-state index in [1.165, 1.54) is 0 Å². The molecular weight excluding hydrogens is 248 g/mol. The molecule has 0 aliphatic rings. The van der Waals surface area contributed by atoms with E-state index in [2.05, 4.69) is 26.1 Å². The smallest absolute Gasteiger partial charge is 0.240 e. The van der Waals surface area contributed by atoms with E-state index in [-0.39, 0.29) is 24.4 Å². The summed E-state index contributed by atoms with van der Waals surface area (Å²) in [7, 11) is 0. The minimum Gasteiger partial charge on any atom is -0.352 e. The Kier molecular flexibility index (Phi) is 8.91. The van der Waals surface area contributed by atoms with E-state index in [1.54, 1.807) is 0 Å². The van der Waals surface area contributed by atoms with E-state index in [9.17, 15) is 4.79 Å². The first-order valence-electron chi connectivity index (χ1n) is 6.68. The minimum atomic E-state index is -0.731. The van der Waals surface area contributed by atoms with Gasteiger partial charge in [0.15, 0.2) is 0 Å². The van der Waals surface area contributed by atoms with Gasteiger partial charge in [-0.05, 0) is 38.5 Å². The summed E-state index contributed by atoms with van der Waals surface area (Å²) in [6.07, 6.45) is 3.75. The normalized spacial score (nSPS) is 16.4. The van der Waals surface area contributed by atoms with E-state index < -0.39 is 5.54 Å². The van der Waals surface area contributed by atoms with Gasteiger partial charge in [-0.25, -0.2) is 0 Å². The van der Waals surface area contributed by atoms with Gasteiger partial charge in [0.1, 0.15) is 0 Å². The average Bonchev–Trinajstić information content (AvgIpc) is 2.13. The Morgan fingerprint density at radius 1 is 1.22 bits per heavy atom. The summed E-state index contributed by atoms with van der Waals surface area (Å²) in [6.45, 7) is 12.5. The minimum absolute atomic E-state index is 0. The van der Waals surface area contributed by atoms with Gasteiger partial charge in [0, 0.05) is 6.04 Å². The van der Waals surface area contributed by atoms with Crippen molar-refractivity contribution in [2.75, 3.05) is 0 Å². The molecule has 0 bridgehead atoms. The predicted octanol–water partition coefficient (Wildman–Crippen LogP) is 3.26. The van der Waals surface area contributed by atoms with E-state index in [4.69, 9.17) is 5.73 Å². The molecule has 0 heterocycles. The van der Waals surface area contributed by atoms with Gasteiger partial charge in [-0.15, -0.1) is 12.4 Å². The van der Waals surface area contributed by atoms with Crippen molar-refractivity contribution in [3.8, 4) is 0 Å². The molecule has 0 fully saturated rings. The SMILES string of the molecule is CCCC(C)(N)C(=O)NC(C)CCC(C)(C)C.Cl. The topological polar surface area (TPSA) is 55.1 Å². The number of nitrogens with two attached hydrogens (primary N) is 1. The molecule has 3 N–H and O–H groups in total. The van der Waals surface area contributed by atoms with E-state index >= 15 is 0 Å². The van der Waals surface area contributed by atoms with Crippen molar-refractivity contribution in [3.05, 3.63) is 0 Å². The van der Waals surface area contributed by atoms with Crippen LogP contribution in [-0.4, -0.2) is 17.5 Å². The summed E-state index contributed by atoms with van der Waals surface area (Å²) in [5, 5.41) is 3.01. The van der Waals surface area contributed by atoms with Gasteiger partial charge in [0.25, 0.3) is 0 Å². The highest BCUT2D eigenvalue weighted by Crippen LogP contribution is 2.21. The molecule has 0 radical (unpaired) electrons. The summed E-state index contributed by atoms with van der Waals surface area (Å²) < 4.78 is 0. The van der Waals surface area contributed by atoms with Crippen molar-refractivity contribution < 1.29 is 4.79 Å². The molecule has 0 aromatic heterocycles. The fourth-order valence-corrected chi connectivity index (χ4v) is 1.74. The molecule has 2 atom stereocenters. The zero-order chi connectivity index (χ0) is 13.7. The maximum Gasteiger partial charge on any atom is 0.240 e. The summed E-state index contributed by atoms with van der Waals surface area (Å²) in [5.74, 6) is -0.0271. The highest BCUT2D eigenvalue weighted by molar-refractivity contribution is 5.85. The lowest BCUT2D eigenvalue weighted by Crippen LogP contribution is -2.53. The number of nitrogens with one attached hydrogen (secondary N) is 1. The number of hydrogen-bond donors (Lipinski definition) is 2. The Morgan fingerprint density at radius 3 is 2.11 bits per heavy atom. The second-order valence-corrected chi connectivity index (χ2v) is 6.64. The maximum absolute atomic E-state index is 12.0. The molecule has 0 aromatic carbocycles. The third-order valence-electron chi connectivity index (χ3n) is 2.99. The lowest BCUT2D eigenvalue weighted by Gasteiger charge is -2.27. The zero-order valence-corrected chi connectivity index (χ0v) is 13.6. The zero-order valence-electron chi connectivity index (χ0n) is 12.8. The Labute approximate surface area is 119 Å². The predicted molar refractivity (Wildman–Crippen MR) is 81.0 cm³/mol. The van der Waals surface area contributed by atoms with Crippen LogP contribution in [0.25, 0.3) is 0 Å². The summed E-state index contributed by atoms with van der Waals surface area (Å²) in [5.41, 5.74) is 5.57. The average molecular weight is 279 g/mol. The van der Waals surface area contributed by atoms with Crippen molar-refractivity contribution >= 4 is 18.3 Å². The van der Waals surface area contributed by atoms with Crippen LogP contribution in [0.3, 0.4) is 0 Å². The largest absolute Gasteiger partial charge is 0.352 e. The van der Waals surface area contributed by atoms with Gasteiger partial charge in [-0.3, -0.25) is 4.79 Å². The Hall–Kier alpha value is -0.280. The van der Waals surface area contributed by atoms with E-state index in [0.717, 1.165) is 25.7 Å². The van der Waals surface area contributed by atoms with Crippen LogP contribution in [0.4, 0.5) is 0 Å². The summed E-state index contributed by atoms with van der Waals surface area (Å²) in [6, 6.07) is 0.196. The quantitative estimate of drug-likeness (QED) is 0.784. The standard InChI is InChI=1S/C14H30N2O.ClH/c1-7-9-14(6,15)12(17)16-11(2)8-10-13(3,4)5;/h11H,7-10,15H2,1-6H3,(H,16,17);1H. The molecule has 0 aliphatic carbocycles. The van der Waals surface area contributed by atoms with Crippen LogP contribution in [-0.2, 0) is 4.79 Å². The summed E-state index contributed by atoms with van der Waals surface area (Å²) in [4.78, 5) is 12.0. The summed E-state index contributed by atoms with van der Waals surface area (Å²) >= 11 is 0. The van der Waals surface area contributed by atoms with Crippen LogP contribution >= 0.6 is 12.4 Å². The molecule has 0 spiro atoms. The van der Waals surface area contributed by atoms with Crippen molar-refractivity contribution in [2.24, 2.45) is 11.1 Å². The number of hydrogen-bond acceptors (Lipinski definition) is 2. The molecule has 110 valence electrons. The molecule has 0 rings (SSSR count).